The molecule has 0 spiro atoms. The van der Waals surface area contributed by atoms with E-state index in [1.54, 1.807) is 6.08 Å². The number of nitrogens with zero attached hydrogens (tertiary/aromatic N) is 1. The van der Waals surface area contributed by atoms with Crippen molar-refractivity contribution in [2.24, 2.45) is 0 Å². The van der Waals surface area contributed by atoms with Gasteiger partial charge in [0.2, 0.25) is 5.91 Å². The molecule has 108 valence electrons. The number of likely N-dealkylation sites (tertiary alicyclic amines) is 1. The van der Waals surface area contributed by atoms with Crippen LogP contribution in [0.3, 0.4) is 0 Å². The lowest BCUT2D eigenvalue weighted by Crippen LogP contribution is -2.34. The van der Waals surface area contributed by atoms with E-state index in [1.807, 2.05) is 17.1 Å². The number of carbonyl (C=O) groups is 1. The first-order valence-corrected chi connectivity index (χ1v) is 7.96. The Bertz CT molecular complexity index is 288. The normalized spacial score (nSPS) is 16.6. The number of allylic oxidation sites excluding steroid dienone is 3. The van der Waals surface area contributed by atoms with Crippen LogP contribution in [0.2, 0.25) is 0 Å². The molecule has 0 bridgehead atoms. The molecule has 1 rings (SSSR count). The van der Waals surface area contributed by atoms with E-state index in [9.17, 15) is 4.79 Å². The van der Waals surface area contributed by atoms with Gasteiger partial charge in [-0.2, -0.15) is 0 Å². The van der Waals surface area contributed by atoms with Crippen molar-refractivity contribution >= 4 is 5.91 Å². The quantitative estimate of drug-likeness (QED) is 0.359. The highest BCUT2D eigenvalue weighted by Crippen LogP contribution is 2.09. The molecule has 0 N–H and O–H groups in total. The van der Waals surface area contributed by atoms with Crippen molar-refractivity contribution < 1.29 is 4.79 Å². The summed E-state index contributed by atoms with van der Waals surface area (Å²) in [6.07, 6.45) is 19.1. The first-order chi connectivity index (χ1) is 9.34. The van der Waals surface area contributed by atoms with Crippen LogP contribution in [0, 0.1) is 0 Å². The fraction of sp³-hybridized carbons (Fsp3) is 0.706. The summed E-state index contributed by atoms with van der Waals surface area (Å²) in [5.74, 6) is 0.173. The van der Waals surface area contributed by atoms with Crippen molar-refractivity contribution in [3.05, 3.63) is 24.3 Å². The van der Waals surface area contributed by atoms with E-state index in [1.165, 1.54) is 38.5 Å². The van der Waals surface area contributed by atoms with Crippen molar-refractivity contribution in [3.63, 3.8) is 0 Å². The molecule has 0 atom stereocenters. The van der Waals surface area contributed by atoms with Crippen LogP contribution in [0.15, 0.2) is 24.3 Å². The molecule has 1 aliphatic heterocycles. The first kappa shape index (κ1) is 16.0. The molecule has 0 radical (unpaired) electrons. The molecule has 0 aromatic rings. The molecular formula is C17H29NO. The second-order valence-corrected chi connectivity index (χ2v) is 5.38. The van der Waals surface area contributed by atoms with Gasteiger partial charge in [-0.25, -0.2) is 0 Å². The van der Waals surface area contributed by atoms with Gasteiger partial charge in [-0.3, -0.25) is 4.79 Å². The number of piperidine rings is 1. The zero-order chi connectivity index (χ0) is 13.8. The third-order valence-corrected chi connectivity index (χ3v) is 3.63. The number of hydrogen-bond donors (Lipinski definition) is 0. The maximum absolute atomic E-state index is 11.8. The number of hydrogen-bond acceptors (Lipinski definition) is 1. The molecule has 2 heteroatoms. The van der Waals surface area contributed by atoms with Crippen LogP contribution in [0.4, 0.5) is 0 Å². The van der Waals surface area contributed by atoms with Crippen molar-refractivity contribution in [1.29, 1.82) is 0 Å². The van der Waals surface area contributed by atoms with Gasteiger partial charge in [0.05, 0.1) is 0 Å². The van der Waals surface area contributed by atoms with Crippen LogP contribution >= 0.6 is 0 Å². The van der Waals surface area contributed by atoms with E-state index >= 15 is 0 Å². The minimum absolute atomic E-state index is 0.173. The SMILES string of the molecule is CCCCCCCC=CC=CC(=O)N1CCCCC1. The fourth-order valence-electron chi connectivity index (χ4n) is 2.40. The summed E-state index contributed by atoms with van der Waals surface area (Å²) in [6, 6.07) is 0. The third kappa shape index (κ3) is 7.86. The predicted molar refractivity (Wildman–Crippen MR) is 82.1 cm³/mol. The molecule has 0 saturated carbocycles. The molecule has 2 nitrogen and oxygen atoms in total. The van der Waals surface area contributed by atoms with Crippen LogP contribution in [0.5, 0.6) is 0 Å². The molecule has 1 aliphatic rings. The Morgan fingerprint density at radius 1 is 1.00 bits per heavy atom. The smallest absolute Gasteiger partial charge is 0.246 e. The summed E-state index contributed by atoms with van der Waals surface area (Å²) < 4.78 is 0. The third-order valence-electron chi connectivity index (χ3n) is 3.63. The van der Waals surface area contributed by atoms with Crippen LogP contribution in [-0.2, 0) is 4.79 Å². The maximum Gasteiger partial charge on any atom is 0.246 e. The number of unbranched alkanes of at least 4 members (excludes halogenated alkanes) is 5. The monoisotopic (exact) mass is 263 g/mol. The Kier molecular flexibility index (Phi) is 9.13. The maximum atomic E-state index is 11.8. The summed E-state index contributed by atoms with van der Waals surface area (Å²) >= 11 is 0. The Hall–Kier alpha value is -1.05. The van der Waals surface area contributed by atoms with Crippen LogP contribution in [0.1, 0.15) is 64.7 Å². The topological polar surface area (TPSA) is 20.3 Å². The Labute approximate surface area is 118 Å². The highest BCUT2D eigenvalue weighted by molar-refractivity contribution is 5.87. The lowest BCUT2D eigenvalue weighted by Gasteiger charge is -2.25. The molecule has 1 amide bonds. The van der Waals surface area contributed by atoms with Gasteiger partial charge >= 0.3 is 0 Å². The molecule has 0 aromatic carbocycles. The summed E-state index contributed by atoms with van der Waals surface area (Å²) in [4.78, 5) is 13.8. The fourth-order valence-corrected chi connectivity index (χ4v) is 2.40. The van der Waals surface area contributed by atoms with Crippen molar-refractivity contribution in [3.8, 4) is 0 Å². The first-order valence-electron chi connectivity index (χ1n) is 7.96. The van der Waals surface area contributed by atoms with Crippen LogP contribution in [-0.4, -0.2) is 23.9 Å². The number of rotatable bonds is 8. The summed E-state index contributed by atoms with van der Waals surface area (Å²) in [5.41, 5.74) is 0. The Morgan fingerprint density at radius 3 is 2.47 bits per heavy atom. The summed E-state index contributed by atoms with van der Waals surface area (Å²) in [5, 5.41) is 0. The Morgan fingerprint density at radius 2 is 1.74 bits per heavy atom. The van der Waals surface area contributed by atoms with Gasteiger partial charge in [-0.1, -0.05) is 50.8 Å². The molecule has 1 heterocycles. The zero-order valence-corrected chi connectivity index (χ0v) is 12.4. The molecular weight excluding hydrogens is 234 g/mol. The standard InChI is InChI=1S/C17H29NO/c1-2-3-4-5-6-7-8-9-11-14-17(19)18-15-12-10-13-16-18/h8-9,11,14H,2-7,10,12-13,15-16H2,1H3. The van der Waals surface area contributed by atoms with Gasteiger partial charge in [0.1, 0.15) is 0 Å². The van der Waals surface area contributed by atoms with Gasteiger partial charge in [0.15, 0.2) is 0 Å². The molecule has 19 heavy (non-hydrogen) atoms. The predicted octanol–water partition coefficient (Wildman–Crippen LogP) is 4.47. The second-order valence-electron chi connectivity index (χ2n) is 5.38. The van der Waals surface area contributed by atoms with E-state index in [4.69, 9.17) is 0 Å². The molecule has 1 saturated heterocycles. The van der Waals surface area contributed by atoms with Gasteiger partial charge in [-0.15, -0.1) is 0 Å². The lowest BCUT2D eigenvalue weighted by molar-refractivity contribution is -0.126. The van der Waals surface area contributed by atoms with Crippen LogP contribution < -0.4 is 0 Å². The van der Waals surface area contributed by atoms with Crippen molar-refractivity contribution in [2.45, 2.75) is 64.7 Å². The van der Waals surface area contributed by atoms with Gasteiger partial charge in [0, 0.05) is 19.2 Å². The van der Waals surface area contributed by atoms with E-state index in [0.29, 0.717) is 0 Å². The van der Waals surface area contributed by atoms with E-state index in [-0.39, 0.29) is 5.91 Å². The van der Waals surface area contributed by atoms with Crippen molar-refractivity contribution in [1.82, 2.24) is 4.90 Å². The van der Waals surface area contributed by atoms with Gasteiger partial charge < -0.3 is 4.90 Å². The van der Waals surface area contributed by atoms with Crippen molar-refractivity contribution in [2.75, 3.05) is 13.1 Å². The minimum Gasteiger partial charge on any atom is -0.339 e. The summed E-state index contributed by atoms with van der Waals surface area (Å²) in [6.45, 7) is 4.11. The van der Waals surface area contributed by atoms with E-state index < -0.39 is 0 Å². The highest BCUT2D eigenvalue weighted by Gasteiger charge is 2.12. The van der Waals surface area contributed by atoms with E-state index in [0.717, 1.165) is 32.4 Å². The minimum atomic E-state index is 0.173. The van der Waals surface area contributed by atoms with Gasteiger partial charge in [0.25, 0.3) is 0 Å². The van der Waals surface area contributed by atoms with E-state index in [2.05, 4.69) is 13.0 Å². The number of amides is 1. The lowest BCUT2D eigenvalue weighted by atomic mass is 10.1. The Balaban J connectivity index is 2.06. The molecule has 1 fully saturated rings. The molecule has 0 aromatic heterocycles. The average Bonchev–Trinajstić information content (AvgIpc) is 2.46. The van der Waals surface area contributed by atoms with Crippen LogP contribution in [0.25, 0.3) is 0 Å². The molecule has 0 unspecified atom stereocenters. The largest absolute Gasteiger partial charge is 0.339 e. The van der Waals surface area contributed by atoms with Gasteiger partial charge in [-0.05, 0) is 32.1 Å². The molecule has 0 aliphatic carbocycles. The number of carbonyl (C=O) groups excluding carboxylic acids is 1. The average molecular weight is 263 g/mol. The highest BCUT2D eigenvalue weighted by atomic mass is 16.2. The summed E-state index contributed by atoms with van der Waals surface area (Å²) in [7, 11) is 0. The second kappa shape index (κ2) is 10.8. The zero-order valence-electron chi connectivity index (χ0n) is 12.4.